The summed E-state index contributed by atoms with van der Waals surface area (Å²) in [6.07, 6.45) is 0. The zero-order valence-electron chi connectivity index (χ0n) is 24.0. The SMILES string of the molecule is c1ccc(-c2cc(-c3ccccc3C3(c4ccccc4)c4ccccc4Oc4ccccc43)nc(-c3ccccc3)n2)cc1. The smallest absolute Gasteiger partial charge is 0.160 e. The average Bonchev–Trinajstić information content (AvgIpc) is 3.11. The Morgan fingerprint density at radius 3 is 1.52 bits per heavy atom. The summed E-state index contributed by atoms with van der Waals surface area (Å²) in [7, 11) is 0. The fourth-order valence-electron chi connectivity index (χ4n) is 6.53. The Hall–Kier alpha value is -5.80. The highest BCUT2D eigenvalue weighted by Crippen LogP contribution is 2.56. The van der Waals surface area contributed by atoms with Gasteiger partial charge >= 0.3 is 0 Å². The molecule has 0 bridgehead atoms. The van der Waals surface area contributed by atoms with Crippen molar-refractivity contribution < 1.29 is 4.74 Å². The largest absolute Gasteiger partial charge is 0.457 e. The van der Waals surface area contributed by atoms with E-state index in [1.807, 2.05) is 48.5 Å². The van der Waals surface area contributed by atoms with E-state index in [0.29, 0.717) is 5.82 Å². The summed E-state index contributed by atoms with van der Waals surface area (Å²) in [6, 6.07) is 58.9. The van der Waals surface area contributed by atoms with Crippen molar-refractivity contribution in [3.05, 3.63) is 192 Å². The Labute approximate surface area is 257 Å². The lowest BCUT2D eigenvalue weighted by molar-refractivity contribution is 0.434. The van der Waals surface area contributed by atoms with E-state index in [4.69, 9.17) is 14.7 Å². The monoisotopic (exact) mass is 564 g/mol. The zero-order chi connectivity index (χ0) is 29.3. The van der Waals surface area contributed by atoms with Crippen LogP contribution in [0.4, 0.5) is 0 Å². The lowest BCUT2D eigenvalue weighted by atomic mass is 9.62. The van der Waals surface area contributed by atoms with Gasteiger partial charge in [-0.25, -0.2) is 9.97 Å². The van der Waals surface area contributed by atoms with E-state index in [9.17, 15) is 0 Å². The van der Waals surface area contributed by atoms with Crippen molar-refractivity contribution in [3.8, 4) is 45.4 Å². The van der Waals surface area contributed by atoms with Gasteiger partial charge in [0.05, 0.1) is 16.8 Å². The van der Waals surface area contributed by atoms with Crippen LogP contribution in [0.5, 0.6) is 11.5 Å². The van der Waals surface area contributed by atoms with Crippen LogP contribution in [0.2, 0.25) is 0 Å². The molecule has 6 aromatic carbocycles. The van der Waals surface area contributed by atoms with Crippen LogP contribution < -0.4 is 4.74 Å². The van der Waals surface area contributed by atoms with Gasteiger partial charge in [0.25, 0.3) is 0 Å². The minimum absolute atomic E-state index is 0.659. The summed E-state index contributed by atoms with van der Waals surface area (Å²) < 4.78 is 6.55. The highest BCUT2D eigenvalue weighted by Gasteiger charge is 2.46. The van der Waals surface area contributed by atoms with Crippen LogP contribution in [0.3, 0.4) is 0 Å². The Balaban J connectivity index is 1.47. The number of hydrogen-bond acceptors (Lipinski definition) is 3. The standard InChI is InChI=1S/C41H28N2O/c1-4-16-29(17-5-1)36-28-37(43-40(42-36)30-18-6-2-7-19-30)32-22-10-11-23-33(32)41(31-20-8-3-9-21-31)34-24-12-14-26-38(34)44-39-27-15-13-25-35(39)41/h1-28H. The fourth-order valence-corrected chi connectivity index (χ4v) is 6.53. The maximum absolute atomic E-state index is 6.55. The molecule has 1 aromatic heterocycles. The molecular formula is C41H28N2O. The molecule has 2 heterocycles. The average molecular weight is 565 g/mol. The van der Waals surface area contributed by atoms with Gasteiger partial charge < -0.3 is 4.74 Å². The zero-order valence-corrected chi connectivity index (χ0v) is 24.0. The van der Waals surface area contributed by atoms with E-state index in [1.165, 1.54) is 0 Å². The number of fused-ring (bicyclic) bond motifs is 2. The Kier molecular flexibility index (Phi) is 6.35. The van der Waals surface area contributed by atoms with Gasteiger partial charge in [-0.15, -0.1) is 0 Å². The molecule has 3 heteroatoms. The molecule has 0 saturated carbocycles. The third kappa shape index (κ3) is 4.21. The number of ether oxygens (including phenoxy) is 1. The second-order valence-electron chi connectivity index (χ2n) is 11.0. The Morgan fingerprint density at radius 1 is 0.409 bits per heavy atom. The molecule has 0 N–H and O–H groups in total. The minimum atomic E-state index is -0.659. The molecule has 8 rings (SSSR count). The van der Waals surface area contributed by atoms with Crippen molar-refractivity contribution in [2.45, 2.75) is 5.41 Å². The van der Waals surface area contributed by atoms with E-state index < -0.39 is 5.41 Å². The lowest BCUT2D eigenvalue weighted by Gasteiger charge is -2.42. The van der Waals surface area contributed by atoms with Crippen LogP contribution in [0, 0.1) is 0 Å². The van der Waals surface area contributed by atoms with Crippen molar-refractivity contribution in [2.75, 3.05) is 0 Å². The maximum atomic E-state index is 6.55. The third-order valence-electron chi connectivity index (χ3n) is 8.44. The highest BCUT2D eigenvalue weighted by molar-refractivity contribution is 5.79. The first-order chi connectivity index (χ1) is 21.8. The summed E-state index contributed by atoms with van der Waals surface area (Å²) >= 11 is 0. The van der Waals surface area contributed by atoms with Gasteiger partial charge in [0.15, 0.2) is 5.82 Å². The molecule has 0 radical (unpaired) electrons. The highest BCUT2D eigenvalue weighted by atomic mass is 16.5. The second-order valence-corrected chi connectivity index (χ2v) is 11.0. The lowest BCUT2D eigenvalue weighted by Crippen LogP contribution is -2.34. The van der Waals surface area contributed by atoms with E-state index in [2.05, 4.69) is 121 Å². The Bertz CT molecular complexity index is 1990. The van der Waals surface area contributed by atoms with Crippen molar-refractivity contribution >= 4 is 0 Å². The predicted molar refractivity (Wildman–Crippen MR) is 177 cm³/mol. The van der Waals surface area contributed by atoms with Crippen LogP contribution in [-0.2, 0) is 5.41 Å². The molecule has 0 amide bonds. The number of rotatable bonds is 5. The summed E-state index contributed by atoms with van der Waals surface area (Å²) in [5, 5.41) is 0. The first kappa shape index (κ1) is 25.9. The fraction of sp³-hybridized carbons (Fsp3) is 0.0244. The summed E-state index contributed by atoms with van der Waals surface area (Å²) in [5.74, 6) is 2.39. The quantitative estimate of drug-likeness (QED) is 0.209. The second kappa shape index (κ2) is 10.8. The van der Waals surface area contributed by atoms with Crippen LogP contribution >= 0.6 is 0 Å². The molecule has 7 aromatic rings. The number of aromatic nitrogens is 2. The van der Waals surface area contributed by atoms with Crippen molar-refractivity contribution in [2.24, 2.45) is 0 Å². The van der Waals surface area contributed by atoms with Crippen LogP contribution in [0.25, 0.3) is 33.9 Å². The molecule has 44 heavy (non-hydrogen) atoms. The topological polar surface area (TPSA) is 35.0 Å². The van der Waals surface area contributed by atoms with Gasteiger partial charge in [-0.1, -0.05) is 152 Å². The molecule has 0 aliphatic carbocycles. The molecule has 3 nitrogen and oxygen atoms in total. The first-order valence-corrected chi connectivity index (χ1v) is 14.8. The molecule has 0 spiro atoms. The summed E-state index contributed by atoms with van der Waals surface area (Å²) in [5.41, 5.74) is 8.64. The molecule has 0 unspecified atom stereocenters. The van der Waals surface area contributed by atoms with Gasteiger partial charge in [0, 0.05) is 27.8 Å². The normalized spacial score (nSPS) is 12.9. The molecule has 0 fully saturated rings. The number of para-hydroxylation sites is 2. The maximum Gasteiger partial charge on any atom is 0.160 e. The van der Waals surface area contributed by atoms with Crippen molar-refractivity contribution in [3.63, 3.8) is 0 Å². The molecule has 208 valence electrons. The molecular weight excluding hydrogens is 536 g/mol. The van der Waals surface area contributed by atoms with Crippen LogP contribution in [0.15, 0.2) is 170 Å². The van der Waals surface area contributed by atoms with Crippen LogP contribution in [-0.4, -0.2) is 9.97 Å². The molecule has 0 saturated heterocycles. The van der Waals surface area contributed by atoms with Gasteiger partial charge in [0.1, 0.15) is 11.5 Å². The van der Waals surface area contributed by atoms with Crippen LogP contribution in [0.1, 0.15) is 22.3 Å². The number of benzene rings is 6. The van der Waals surface area contributed by atoms with E-state index in [-0.39, 0.29) is 0 Å². The van der Waals surface area contributed by atoms with Gasteiger partial charge in [-0.3, -0.25) is 0 Å². The number of nitrogens with zero attached hydrogens (tertiary/aromatic N) is 2. The summed E-state index contributed by atoms with van der Waals surface area (Å²) in [4.78, 5) is 10.3. The predicted octanol–water partition coefficient (Wildman–Crippen LogP) is 9.97. The Morgan fingerprint density at radius 2 is 0.886 bits per heavy atom. The van der Waals surface area contributed by atoms with E-state index in [0.717, 1.165) is 61.8 Å². The third-order valence-corrected chi connectivity index (χ3v) is 8.44. The van der Waals surface area contributed by atoms with E-state index in [1.54, 1.807) is 0 Å². The van der Waals surface area contributed by atoms with Crippen molar-refractivity contribution in [1.82, 2.24) is 9.97 Å². The molecule has 0 atom stereocenters. The minimum Gasteiger partial charge on any atom is -0.457 e. The first-order valence-electron chi connectivity index (χ1n) is 14.8. The van der Waals surface area contributed by atoms with E-state index >= 15 is 0 Å². The molecule has 1 aliphatic heterocycles. The molecule has 1 aliphatic rings. The van der Waals surface area contributed by atoms with Gasteiger partial charge in [0.2, 0.25) is 0 Å². The number of hydrogen-bond donors (Lipinski definition) is 0. The summed E-state index contributed by atoms with van der Waals surface area (Å²) in [6.45, 7) is 0. The van der Waals surface area contributed by atoms with Gasteiger partial charge in [-0.2, -0.15) is 0 Å². The van der Waals surface area contributed by atoms with Gasteiger partial charge in [-0.05, 0) is 29.3 Å². The van der Waals surface area contributed by atoms with Crippen molar-refractivity contribution in [1.29, 1.82) is 0 Å².